The maximum absolute atomic E-state index is 5.80. The van der Waals surface area contributed by atoms with Gasteiger partial charge in [-0.3, -0.25) is 0 Å². The highest BCUT2D eigenvalue weighted by Crippen LogP contribution is 2.34. The van der Waals surface area contributed by atoms with Crippen LogP contribution in [-0.2, 0) is 0 Å². The van der Waals surface area contributed by atoms with E-state index in [2.05, 4.69) is 9.97 Å². The fraction of sp³-hybridized carbons (Fsp3) is 0.636. The van der Waals surface area contributed by atoms with Crippen LogP contribution in [0.4, 0.5) is 0 Å². The Bertz CT molecular complexity index is 337. The average molecular weight is 243 g/mol. The topological polar surface area (TPSA) is 25.8 Å². The number of halogens is 1. The third-order valence-electron chi connectivity index (χ3n) is 2.73. The van der Waals surface area contributed by atoms with Crippen LogP contribution >= 0.6 is 23.4 Å². The van der Waals surface area contributed by atoms with Crippen LogP contribution in [0.15, 0.2) is 11.2 Å². The summed E-state index contributed by atoms with van der Waals surface area (Å²) in [6.07, 6.45) is 8.53. The van der Waals surface area contributed by atoms with E-state index in [1.165, 1.54) is 32.1 Å². The molecule has 2 rings (SSSR count). The number of nitrogens with zero attached hydrogens (tertiary/aromatic N) is 2. The fourth-order valence-corrected chi connectivity index (χ4v) is 3.31. The predicted octanol–water partition coefficient (Wildman–Crippen LogP) is 3.86. The molecule has 0 spiro atoms. The maximum atomic E-state index is 5.80. The van der Waals surface area contributed by atoms with Crippen molar-refractivity contribution in [3.8, 4) is 0 Å². The van der Waals surface area contributed by atoms with Crippen molar-refractivity contribution >= 4 is 23.4 Å². The molecule has 0 bridgehead atoms. The van der Waals surface area contributed by atoms with Crippen LogP contribution < -0.4 is 0 Å². The zero-order valence-electron chi connectivity index (χ0n) is 8.87. The number of aromatic nitrogens is 2. The molecule has 15 heavy (non-hydrogen) atoms. The molecule has 1 aromatic rings. The molecule has 82 valence electrons. The van der Waals surface area contributed by atoms with Crippen LogP contribution in [0.3, 0.4) is 0 Å². The lowest BCUT2D eigenvalue weighted by atomic mass is 10.0. The predicted molar refractivity (Wildman–Crippen MR) is 64.5 cm³/mol. The van der Waals surface area contributed by atoms with Crippen LogP contribution in [0.1, 0.15) is 37.7 Å². The molecule has 0 radical (unpaired) electrons. The number of thioether (sulfide) groups is 1. The van der Waals surface area contributed by atoms with Gasteiger partial charge in [-0.05, 0) is 36.9 Å². The first-order valence-electron chi connectivity index (χ1n) is 5.41. The summed E-state index contributed by atoms with van der Waals surface area (Å²) in [4.78, 5) is 8.26. The van der Waals surface area contributed by atoms with Crippen LogP contribution in [0, 0.1) is 6.92 Å². The molecule has 1 aliphatic rings. The lowest BCUT2D eigenvalue weighted by Gasteiger charge is -2.20. The van der Waals surface area contributed by atoms with Crippen molar-refractivity contribution in [1.82, 2.24) is 9.97 Å². The van der Waals surface area contributed by atoms with Gasteiger partial charge in [0.05, 0.1) is 0 Å². The minimum absolute atomic E-state index is 0.360. The Balaban J connectivity index is 2.05. The molecular formula is C11H15ClN2S. The van der Waals surface area contributed by atoms with E-state index >= 15 is 0 Å². The van der Waals surface area contributed by atoms with Gasteiger partial charge in [-0.2, -0.15) is 0 Å². The van der Waals surface area contributed by atoms with E-state index in [-0.39, 0.29) is 0 Å². The third-order valence-corrected chi connectivity index (χ3v) is 4.35. The first-order chi connectivity index (χ1) is 7.25. The van der Waals surface area contributed by atoms with Gasteiger partial charge in [-0.25, -0.2) is 9.97 Å². The van der Waals surface area contributed by atoms with Crippen LogP contribution in [-0.4, -0.2) is 15.2 Å². The zero-order chi connectivity index (χ0) is 10.7. The summed E-state index contributed by atoms with van der Waals surface area (Å²) in [5.41, 5.74) is 1.13. The zero-order valence-corrected chi connectivity index (χ0v) is 10.4. The number of rotatable bonds is 2. The first kappa shape index (κ1) is 11.2. The van der Waals surface area contributed by atoms with Gasteiger partial charge >= 0.3 is 0 Å². The van der Waals surface area contributed by atoms with Crippen molar-refractivity contribution in [2.45, 2.75) is 49.3 Å². The molecule has 1 saturated carbocycles. The van der Waals surface area contributed by atoms with E-state index in [0.29, 0.717) is 5.28 Å². The van der Waals surface area contributed by atoms with Crippen molar-refractivity contribution in [2.75, 3.05) is 0 Å². The van der Waals surface area contributed by atoms with Gasteiger partial charge in [0, 0.05) is 11.4 Å². The standard InChI is InChI=1S/C11H15ClN2S/c1-8-7-13-11(12)14-10(8)15-9-5-3-2-4-6-9/h7,9H,2-6H2,1H3. The summed E-state index contributed by atoms with van der Waals surface area (Å²) in [6, 6.07) is 0. The number of hydrogen-bond donors (Lipinski definition) is 0. The van der Waals surface area contributed by atoms with Crippen molar-refractivity contribution in [3.05, 3.63) is 17.0 Å². The summed E-state index contributed by atoms with van der Waals surface area (Å²) < 4.78 is 0. The highest BCUT2D eigenvalue weighted by atomic mass is 35.5. The Morgan fingerprint density at radius 1 is 1.33 bits per heavy atom. The number of hydrogen-bond acceptors (Lipinski definition) is 3. The van der Waals surface area contributed by atoms with E-state index < -0.39 is 0 Å². The van der Waals surface area contributed by atoms with Gasteiger partial charge in [0.15, 0.2) is 0 Å². The van der Waals surface area contributed by atoms with Gasteiger partial charge in [0.1, 0.15) is 5.03 Å². The van der Waals surface area contributed by atoms with Gasteiger partial charge in [0.25, 0.3) is 0 Å². The van der Waals surface area contributed by atoms with E-state index in [0.717, 1.165) is 15.8 Å². The minimum Gasteiger partial charge on any atom is -0.226 e. The fourth-order valence-electron chi connectivity index (χ4n) is 1.87. The lowest BCUT2D eigenvalue weighted by molar-refractivity contribution is 0.515. The molecule has 1 aliphatic carbocycles. The van der Waals surface area contributed by atoms with Gasteiger partial charge < -0.3 is 0 Å². The summed E-state index contributed by atoms with van der Waals surface area (Å²) in [6.45, 7) is 2.04. The number of aryl methyl sites for hydroxylation is 1. The first-order valence-corrected chi connectivity index (χ1v) is 6.67. The molecule has 0 N–H and O–H groups in total. The SMILES string of the molecule is Cc1cnc(Cl)nc1SC1CCCCC1. The van der Waals surface area contributed by atoms with Gasteiger partial charge in [-0.1, -0.05) is 19.3 Å². The Morgan fingerprint density at radius 3 is 2.80 bits per heavy atom. The molecule has 1 fully saturated rings. The molecule has 0 aromatic carbocycles. The average Bonchev–Trinajstić information content (AvgIpc) is 2.25. The molecular weight excluding hydrogens is 228 g/mol. The largest absolute Gasteiger partial charge is 0.226 e. The Kier molecular flexibility index (Phi) is 3.87. The molecule has 2 nitrogen and oxygen atoms in total. The van der Waals surface area contributed by atoms with Crippen molar-refractivity contribution in [3.63, 3.8) is 0 Å². The summed E-state index contributed by atoms with van der Waals surface area (Å²) in [7, 11) is 0. The molecule has 4 heteroatoms. The highest BCUT2D eigenvalue weighted by molar-refractivity contribution is 7.99. The van der Waals surface area contributed by atoms with Gasteiger partial charge in [0.2, 0.25) is 5.28 Å². The van der Waals surface area contributed by atoms with Crippen molar-refractivity contribution in [2.24, 2.45) is 0 Å². The smallest absolute Gasteiger partial charge is 0.223 e. The molecule has 0 unspecified atom stereocenters. The second kappa shape index (κ2) is 5.17. The second-order valence-corrected chi connectivity index (χ2v) is 5.63. The monoisotopic (exact) mass is 242 g/mol. The summed E-state index contributed by atoms with van der Waals surface area (Å²) in [5, 5.41) is 2.14. The summed E-state index contributed by atoms with van der Waals surface area (Å²) in [5.74, 6) is 0. The van der Waals surface area contributed by atoms with E-state index in [1.807, 2.05) is 18.7 Å². The maximum Gasteiger partial charge on any atom is 0.223 e. The molecule has 0 aliphatic heterocycles. The van der Waals surface area contributed by atoms with Crippen molar-refractivity contribution in [1.29, 1.82) is 0 Å². The van der Waals surface area contributed by atoms with E-state index in [9.17, 15) is 0 Å². The Labute approximate surface area is 99.8 Å². The molecule has 0 amide bonds. The molecule has 1 aromatic heterocycles. The highest BCUT2D eigenvalue weighted by Gasteiger charge is 2.16. The minimum atomic E-state index is 0.360. The lowest BCUT2D eigenvalue weighted by Crippen LogP contribution is -2.08. The van der Waals surface area contributed by atoms with Crippen LogP contribution in [0.2, 0.25) is 5.28 Å². The normalized spacial score (nSPS) is 18.0. The van der Waals surface area contributed by atoms with Gasteiger partial charge in [-0.15, -0.1) is 11.8 Å². The quantitative estimate of drug-likeness (QED) is 0.582. The Morgan fingerprint density at radius 2 is 2.07 bits per heavy atom. The van der Waals surface area contributed by atoms with E-state index in [1.54, 1.807) is 6.20 Å². The second-order valence-electron chi connectivity index (χ2n) is 4.01. The van der Waals surface area contributed by atoms with E-state index in [4.69, 9.17) is 11.6 Å². The Hall–Kier alpha value is -0.280. The summed E-state index contributed by atoms with van der Waals surface area (Å²) >= 11 is 7.67. The molecule has 1 heterocycles. The molecule has 0 atom stereocenters. The van der Waals surface area contributed by atoms with Crippen molar-refractivity contribution < 1.29 is 0 Å². The third kappa shape index (κ3) is 3.08. The molecule has 0 saturated heterocycles. The van der Waals surface area contributed by atoms with Crippen LogP contribution in [0.25, 0.3) is 0 Å². The van der Waals surface area contributed by atoms with Crippen LogP contribution in [0.5, 0.6) is 0 Å².